The molecule has 2 N–H and O–H groups in total. The maximum atomic E-state index is 13.5. The van der Waals surface area contributed by atoms with Crippen molar-refractivity contribution in [2.45, 2.75) is 4.90 Å². The lowest BCUT2D eigenvalue weighted by atomic mass is 10.1. The predicted octanol–water partition coefficient (Wildman–Crippen LogP) is 3.19. The number of aliphatic imine (C=N–C) groups is 1. The van der Waals surface area contributed by atoms with Crippen molar-refractivity contribution >= 4 is 33.5 Å². The van der Waals surface area contributed by atoms with Crippen molar-refractivity contribution in [3.05, 3.63) is 83.6 Å². The highest BCUT2D eigenvalue weighted by Crippen LogP contribution is 2.39. The molecule has 3 aromatic carbocycles. The zero-order valence-electron chi connectivity index (χ0n) is 19.3. The highest BCUT2D eigenvalue weighted by Gasteiger charge is 2.32. The first-order chi connectivity index (χ1) is 16.8. The molecule has 0 aliphatic carbocycles. The zero-order valence-corrected chi connectivity index (χ0v) is 20.1. The number of carbonyl (C=O) groups excluding carboxylic acids is 1. The fourth-order valence-electron chi connectivity index (χ4n) is 3.66. The maximum Gasteiger partial charge on any atom is 0.282 e. The molecule has 0 unspecified atom stereocenters. The summed E-state index contributed by atoms with van der Waals surface area (Å²) in [4.78, 5) is 19.5. The number of ether oxygens (including phenoxy) is 3. The fraction of sp³-hybridized carbons (Fsp3) is 0.120. The van der Waals surface area contributed by atoms with Gasteiger partial charge in [-0.25, -0.2) is 18.5 Å². The maximum absolute atomic E-state index is 13.5. The molecule has 4 rings (SSSR count). The topological polar surface area (TPSA) is 121 Å². The van der Waals surface area contributed by atoms with E-state index in [1.165, 1.54) is 50.5 Å². The lowest BCUT2D eigenvalue weighted by Crippen LogP contribution is -2.32. The van der Waals surface area contributed by atoms with Crippen molar-refractivity contribution in [1.29, 1.82) is 0 Å². The third-order valence-electron chi connectivity index (χ3n) is 5.31. The van der Waals surface area contributed by atoms with Crippen LogP contribution < -0.4 is 24.2 Å². The van der Waals surface area contributed by atoms with Crippen LogP contribution in [0.4, 0.5) is 5.69 Å². The Morgan fingerprint density at radius 1 is 0.886 bits per heavy atom. The number of benzene rings is 3. The minimum Gasteiger partial charge on any atom is -0.493 e. The molecule has 0 atom stereocenters. The summed E-state index contributed by atoms with van der Waals surface area (Å²) in [5.41, 5.74) is 1.95. The molecule has 0 saturated carbocycles. The Hall–Kier alpha value is -4.15. The van der Waals surface area contributed by atoms with Crippen LogP contribution in [-0.4, -0.2) is 41.5 Å². The normalized spacial score (nSPS) is 14.7. The number of nitrogens with zero attached hydrogens (tertiary/aromatic N) is 2. The van der Waals surface area contributed by atoms with Crippen LogP contribution in [0.15, 0.2) is 82.3 Å². The molecule has 0 radical (unpaired) electrons. The summed E-state index contributed by atoms with van der Waals surface area (Å²) < 4.78 is 39.5. The quantitative estimate of drug-likeness (QED) is 0.505. The van der Waals surface area contributed by atoms with Crippen molar-refractivity contribution in [2.24, 2.45) is 10.1 Å². The third kappa shape index (κ3) is 4.75. The number of carbonyl (C=O) groups is 1. The first-order valence-electron chi connectivity index (χ1n) is 10.4. The number of primary sulfonamides is 1. The lowest BCUT2D eigenvalue weighted by Gasteiger charge is -2.18. The second-order valence-electron chi connectivity index (χ2n) is 7.47. The van der Waals surface area contributed by atoms with Crippen molar-refractivity contribution in [1.82, 2.24) is 0 Å². The van der Waals surface area contributed by atoms with Crippen molar-refractivity contribution < 1.29 is 27.4 Å². The standard InChI is InChI=1S/C25H23N3O6S/c1-32-21-14-16(15-22(33-2)23(21)34-3)13-20-25(29)28(24(27-20)17-7-5-4-6-8-17)18-9-11-19(12-10-18)35(26,30)31/h4-15H,1-3H3,(H2,26,30,31)/b20-13+. The number of amides is 1. The Balaban J connectivity index is 1.82. The Kier molecular flexibility index (Phi) is 6.59. The van der Waals surface area contributed by atoms with Gasteiger partial charge >= 0.3 is 0 Å². The average Bonchev–Trinajstić information content (AvgIpc) is 3.19. The van der Waals surface area contributed by atoms with Gasteiger partial charge in [-0.2, -0.15) is 0 Å². The van der Waals surface area contributed by atoms with Crippen LogP contribution in [0.5, 0.6) is 17.2 Å². The van der Waals surface area contributed by atoms with Crippen molar-refractivity contribution in [2.75, 3.05) is 26.2 Å². The van der Waals surface area contributed by atoms with Gasteiger partial charge in [0.1, 0.15) is 11.5 Å². The summed E-state index contributed by atoms with van der Waals surface area (Å²) >= 11 is 0. The molecule has 1 aliphatic rings. The summed E-state index contributed by atoms with van der Waals surface area (Å²) in [6.45, 7) is 0. The number of methoxy groups -OCH3 is 3. The summed E-state index contributed by atoms with van der Waals surface area (Å²) in [7, 11) is 0.652. The van der Waals surface area contributed by atoms with Gasteiger partial charge in [0.15, 0.2) is 11.5 Å². The smallest absolute Gasteiger partial charge is 0.282 e. The van der Waals surface area contributed by atoms with Gasteiger partial charge in [-0.15, -0.1) is 0 Å². The Morgan fingerprint density at radius 2 is 1.49 bits per heavy atom. The molecule has 0 saturated heterocycles. The summed E-state index contributed by atoms with van der Waals surface area (Å²) in [6.07, 6.45) is 1.62. The number of anilines is 1. The molecular formula is C25H23N3O6S. The molecule has 180 valence electrons. The molecule has 9 nitrogen and oxygen atoms in total. The van der Waals surface area contributed by atoms with E-state index in [4.69, 9.17) is 19.3 Å². The van der Waals surface area contributed by atoms with Gasteiger partial charge < -0.3 is 14.2 Å². The summed E-state index contributed by atoms with van der Waals surface area (Å²) in [5, 5.41) is 5.21. The number of nitrogens with two attached hydrogens (primary N) is 1. The minimum atomic E-state index is -3.87. The van der Waals surface area contributed by atoms with E-state index in [0.717, 1.165) is 0 Å². The van der Waals surface area contributed by atoms with Gasteiger partial charge in [-0.05, 0) is 48.0 Å². The number of hydrogen-bond acceptors (Lipinski definition) is 7. The molecular weight excluding hydrogens is 470 g/mol. The first-order valence-corrected chi connectivity index (χ1v) is 11.9. The fourth-order valence-corrected chi connectivity index (χ4v) is 4.18. The Morgan fingerprint density at radius 3 is 2.00 bits per heavy atom. The van der Waals surface area contributed by atoms with E-state index in [1.807, 2.05) is 30.3 Å². The summed E-state index contributed by atoms with van der Waals surface area (Å²) in [5.74, 6) is 1.32. The minimum absolute atomic E-state index is 0.0562. The van der Waals surface area contributed by atoms with Gasteiger partial charge in [0.2, 0.25) is 15.8 Å². The zero-order chi connectivity index (χ0) is 25.2. The molecule has 35 heavy (non-hydrogen) atoms. The molecule has 0 fully saturated rings. The molecule has 0 bridgehead atoms. The second kappa shape index (κ2) is 9.61. The number of sulfonamides is 1. The molecule has 1 amide bonds. The summed E-state index contributed by atoms with van der Waals surface area (Å²) in [6, 6.07) is 18.3. The highest BCUT2D eigenvalue weighted by atomic mass is 32.2. The average molecular weight is 494 g/mol. The van der Waals surface area contributed by atoms with E-state index in [2.05, 4.69) is 4.99 Å². The monoisotopic (exact) mass is 493 g/mol. The van der Waals surface area contributed by atoms with Crippen LogP contribution in [0.3, 0.4) is 0 Å². The van der Waals surface area contributed by atoms with Gasteiger partial charge in [-0.1, -0.05) is 30.3 Å². The van der Waals surface area contributed by atoms with Crippen LogP contribution in [0.2, 0.25) is 0 Å². The number of hydrogen-bond donors (Lipinski definition) is 1. The largest absolute Gasteiger partial charge is 0.493 e. The van der Waals surface area contributed by atoms with E-state index < -0.39 is 10.0 Å². The van der Waals surface area contributed by atoms with Crippen LogP contribution >= 0.6 is 0 Å². The third-order valence-corrected chi connectivity index (χ3v) is 6.24. The molecule has 0 spiro atoms. The molecule has 0 aromatic heterocycles. The SMILES string of the molecule is COc1cc(/C=C2/N=C(c3ccccc3)N(c3ccc(S(N)(=O)=O)cc3)C2=O)cc(OC)c1OC. The van der Waals surface area contributed by atoms with Crippen LogP contribution in [0.1, 0.15) is 11.1 Å². The first kappa shape index (κ1) is 24.0. The van der Waals surface area contributed by atoms with Gasteiger partial charge in [0, 0.05) is 5.56 Å². The predicted molar refractivity (Wildman–Crippen MR) is 132 cm³/mol. The molecule has 1 aliphatic heterocycles. The second-order valence-corrected chi connectivity index (χ2v) is 9.03. The van der Waals surface area contributed by atoms with Gasteiger partial charge in [-0.3, -0.25) is 9.69 Å². The highest BCUT2D eigenvalue weighted by molar-refractivity contribution is 7.89. The molecule has 1 heterocycles. The Bertz CT molecular complexity index is 1410. The number of amidine groups is 1. The molecule has 3 aromatic rings. The van der Waals surface area contributed by atoms with E-state index in [1.54, 1.807) is 18.2 Å². The van der Waals surface area contributed by atoms with Crippen LogP contribution in [0, 0.1) is 0 Å². The van der Waals surface area contributed by atoms with Crippen LogP contribution in [-0.2, 0) is 14.8 Å². The van der Waals surface area contributed by atoms with Crippen molar-refractivity contribution in [3.8, 4) is 17.2 Å². The molecule has 10 heteroatoms. The Labute approximate surface area is 203 Å². The van der Waals surface area contributed by atoms with E-state index in [-0.39, 0.29) is 16.5 Å². The lowest BCUT2D eigenvalue weighted by molar-refractivity contribution is -0.113. The van der Waals surface area contributed by atoms with Crippen LogP contribution in [0.25, 0.3) is 6.08 Å². The van der Waals surface area contributed by atoms with Gasteiger partial charge in [0.05, 0.1) is 31.9 Å². The van der Waals surface area contributed by atoms with Crippen molar-refractivity contribution in [3.63, 3.8) is 0 Å². The number of rotatable bonds is 7. The van der Waals surface area contributed by atoms with E-state index in [9.17, 15) is 13.2 Å². The van der Waals surface area contributed by atoms with E-state index >= 15 is 0 Å². The van der Waals surface area contributed by atoms with Gasteiger partial charge in [0.25, 0.3) is 5.91 Å². The van der Waals surface area contributed by atoms with E-state index in [0.29, 0.717) is 39.9 Å².